The van der Waals surface area contributed by atoms with Crippen LogP contribution in [0.4, 0.5) is 0 Å². The molecule has 150 valence electrons. The zero-order valence-corrected chi connectivity index (χ0v) is 16.9. The van der Waals surface area contributed by atoms with E-state index in [2.05, 4.69) is 0 Å². The minimum Gasteiger partial charge on any atom is -0.493 e. The van der Waals surface area contributed by atoms with E-state index in [4.69, 9.17) is 14.2 Å². The van der Waals surface area contributed by atoms with Crippen LogP contribution in [0.2, 0.25) is 0 Å². The maximum atomic E-state index is 12.6. The van der Waals surface area contributed by atoms with Gasteiger partial charge < -0.3 is 19.1 Å². The highest BCUT2D eigenvalue weighted by molar-refractivity contribution is 5.78. The summed E-state index contributed by atoms with van der Waals surface area (Å²) in [7, 11) is 4.94. The average molecular weight is 391 g/mol. The van der Waals surface area contributed by atoms with Gasteiger partial charge in [-0.1, -0.05) is 54.6 Å². The molecule has 0 N–H and O–H groups in total. The van der Waals surface area contributed by atoms with E-state index in [1.807, 2.05) is 72.8 Å². The summed E-state index contributed by atoms with van der Waals surface area (Å²) >= 11 is 0. The van der Waals surface area contributed by atoms with Crippen molar-refractivity contribution >= 4 is 5.91 Å². The third kappa shape index (κ3) is 5.08. The Labute approximate surface area is 171 Å². The van der Waals surface area contributed by atoms with Gasteiger partial charge in [-0.3, -0.25) is 4.79 Å². The fourth-order valence-electron chi connectivity index (χ4n) is 3.04. The maximum Gasteiger partial charge on any atom is 0.260 e. The predicted molar refractivity (Wildman–Crippen MR) is 113 cm³/mol. The number of carbonyl (C=O) groups is 1. The lowest BCUT2D eigenvalue weighted by Crippen LogP contribution is -2.31. The Morgan fingerprint density at radius 2 is 1.52 bits per heavy atom. The molecule has 1 amide bonds. The third-order valence-electron chi connectivity index (χ3n) is 4.62. The molecule has 0 bridgehead atoms. The van der Waals surface area contributed by atoms with E-state index < -0.39 is 0 Å². The van der Waals surface area contributed by atoms with Gasteiger partial charge in [0.25, 0.3) is 5.91 Å². The monoisotopic (exact) mass is 391 g/mol. The van der Waals surface area contributed by atoms with Gasteiger partial charge >= 0.3 is 0 Å². The Kier molecular flexibility index (Phi) is 6.74. The molecular formula is C24H25NO4. The number of nitrogens with zero attached hydrogens (tertiary/aromatic N) is 1. The second-order valence-electron chi connectivity index (χ2n) is 6.59. The zero-order valence-electron chi connectivity index (χ0n) is 16.9. The molecule has 0 aliphatic heterocycles. The van der Waals surface area contributed by atoms with Crippen molar-refractivity contribution in [2.24, 2.45) is 0 Å². The Morgan fingerprint density at radius 1 is 0.828 bits per heavy atom. The normalized spacial score (nSPS) is 10.3. The molecule has 3 aromatic carbocycles. The standard InChI is InChI=1S/C24H25NO4/c1-25(16-18-13-14-22(27-2)23(15-18)28-3)24(26)17-29-21-12-8-7-11-20(21)19-9-5-4-6-10-19/h4-15H,16-17H2,1-3H3. The highest BCUT2D eigenvalue weighted by Gasteiger charge is 2.13. The number of methoxy groups -OCH3 is 2. The largest absolute Gasteiger partial charge is 0.493 e. The molecule has 0 unspecified atom stereocenters. The predicted octanol–water partition coefficient (Wildman–Crippen LogP) is 4.41. The fourth-order valence-corrected chi connectivity index (χ4v) is 3.04. The quantitative estimate of drug-likeness (QED) is 0.571. The van der Waals surface area contributed by atoms with Gasteiger partial charge in [0.2, 0.25) is 0 Å². The van der Waals surface area contributed by atoms with E-state index in [1.165, 1.54) is 0 Å². The molecule has 5 heteroatoms. The summed E-state index contributed by atoms with van der Waals surface area (Å²) < 4.78 is 16.4. The van der Waals surface area contributed by atoms with Gasteiger partial charge in [-0.15, -0.1) is 0 Å². The summed E-state index contributed by atoms with van der Waals surface area (Å²) in [5, 5.41) is 0. The minimum absolute atomic E-state index is 0.0341. The molecule has 0 saturated heterocycles. The number of hydrogen-bond acceptors (Lipinski definition) is 4. The second-order valence-corrected chi connectivity index (χ2v) is 6.59. The van der Waals surface area contributed by atoms with E-state index in [1.54, 1.807) is 26.2 Å². The van der Waals surface area contributed by atoms with E-state index in [-0.39, 0.29) is 12.5 Å². The molecule has 3 aromatic rings. The summed E-state index contributed by atoms with van der Waals surface area (Å²) in [6.45, 7) is 0.413. The summed E-state index contributed by atoms with van der Waals surface area (Å²) in [6.07, 6.45) is 0. The Bertz CT molecular complexity index is 956. The van der Waals surface area contributed by atoms with Crippen molar-refractivity contribution < 1.29 is 19.0 Å². The van der Waals surface area contributed by atoms with Crippen LogP contribution in [0.1, 0.15) is 5.56 Å². The first-order valence-electron chi connectivity index (χ1n) is 9.34. The van der Waals surface area contributed by atoms with Gasteiger partial charge in [0.1, 0.15) is 5.75 Å². The number of carbonyl (C=O) groups excluding carboxylic acids is 1. The molecule has 3 rings (SSSR count). The van der Waals surface area contributed by atoms with Crippen molar-refractivity contribution in [3.8, 4) is 28.4 Å². The van der Waals surface area contributed by atoms with Crippen LogP contribution in [0.5, 0.6) is 17.2 Å². The SMILES string of the molecule is COc1ccc(CN(C)C(=O)COc2ccccc2-c2ccccc2)cc1OC. The van der Waals surface area contributed by atoms with Crippen LogP contribution in [-0.4, -0.2) is 38.7 Å². The van der Waals surface area contributed by atoms with Gasteiger partial charge in [0, 0.05) is 19.2 Å². The molecule has 0 radical (unpaired) electrons. The molecule has 0 saturated carbocycles. The molecule has 0 aromatic heterocycles. The Balaban J connectivity index is 1.64. The molecular weight excluding hydrogens is 366 g/mol. The van der Waals surface area contributed by atoms with E-state index in [0.29, 0.717) is 23.8 Å². The fraction of sp³-hybridized carbons (Fsp3) is 0.208. The van der Waals surface area contributed by atoms with Crippen LogP contribution in [0, 0.1) is 0 Å². The summed E-state index contributed by atoms with van der Waals surface area (Å²) in [4.78, 5) is 14.2. The van der Waals surface area contributed by atoms with Gasteiger partial charge in [-0.25, -0.2) is 0 Å². The zero-order chi connectivity index (χ0) is 20.6. The average Bonchev–Trinajstić information content (AvgIpc) is 2.78. The lowest BCUT2D eigenvalue weighted by Gasteiger charge is -2.19. The van der Waals surface area contributed by atoms with Crippen molar-refractivity contribution in [3.63, 3.8) is 0 Å². The van der Waals surface area contributed by atoms with Crippen molar-refractivity contribution in [2.45, 2.75) is 6.54 Å². The van der Waals surface area contributed by atoms with E-state index in [9.17, 15) is 4.79 Å². The molecule has 0 spiro atoms. The number of benzene rings is 3. The van der Waals surface area contributed by atoms with Gasteiger partial charge in [-0.05, 0) is 29.3 Å². The van der Waals surface area contributed by atoms with Crippen LogP contribution >= 0.6 is 0 Å². The summed E-state index contributed by atoms with van der Waals surface area (Å²) in [5.41, 5.74) is 2.96. The number of amides is 1. The Hall–Kier alpha value is -3.47. The lowest BCUT2D eigenvalue weighted by atomic mass is 10.1. The molecule has 0 aliphatic carbocycles. The number of hydrogen-bond donors (Lipinski definition) is 0. The van der Waals surface area contributed by atoms with Crippen molar-refractivity contribution in [3.05, 3.63) is 78.4 Å². The van der Waals surface area contributed by atoms with Gasteiger partial charge in [-0.2, -0.15) is 0 Å². The first-order valence-corrected chi connectivity index (χ1v) is 9.34. The number of para-hydroxylation sites is 1. The molecule has 0 fully saturated rings. The number of ether oxygens (including phenoxy) is 3. The van der Waals surface area contributed by atoms with Crippen molar-refractivity contribution in [2.75, 3.05) is 27.9 Å². The van der Waals surface area contributed by atoms with Crippen LogP contribution in [-0.2, 0) is 11.3 Å². The highest BCUT2D eigenvalue weighted by atomic mass is 16.5. The van der Waals surface area contributed by atoms with Gasteiger partial charge in [0.15, 0.2) is 18.1 Å². The van der Waals surface area contributed by atoms with Crippen LogP contribution in [0.3, 0.4) is 0 Å². The number of likely N-dealkylation sites (N-methyl/N-ethyl adjacent to an activating group) is 1. The molecule has 0 aliphatic rings. The molecule has 0 heterocycles. The molecule has 29 heavy (non-hydrogen) atoms. The van der Waals surface area contributed by atoms with Crippen LogP contribution < -0.4 is 14.2 Å². The lowest BCUT2D eigenvalue weighted by molar-refractivity contribution is -0.132. The molecule has 0 atom stereocenters. The van der Waals surface area contributed by atoms with Crippen molar-refractivity contribution in [1.29, 1.82) is 0 Å². The topological polar surface area (TPSA) is 48.0 Å². The first kappa shape index (κ1) is 20.3. The van der Waals surface area contributed by atoms with Crippen LogP contribution in [0.15, 0.2) is 72.8 Å². The molecule has 5 nitrogen and oxygen atoms in total. The second kappa shape index (κ2) is 9.64. The minimum atomic E-state index is -0.109. The van der Waals surface area contributed by atoms with Gasteiger partial charge in [0.05, 0.1) is 14.2 Å². The Morgan fingerprint density at radius 3 is 2.24 bits per heavy atom. The summed E-state index contributed by atoms with van der Waals surface area (Å²) in [6, 6.07) is 23.3. The smallest absolute Gasteiger partial charge is 0.260 e. The number of rotatable bonds is 8. The first-order chi connectivity index (χ1) is 14.1. The van der Waals surface area contributed by atoms with E-state index >= 15 is 0 Å². The van der Waals surface area contributed by atoms with Crippen molar-refractivity contribution in [1.82, 2.24) is 4.90 Å². The maximum absolute atomic E-state index is 12.6. The van der Waals surface area contributed by atoms with E-state index in [0.717, 1.165) is 16.7 Å². The summed E-state index contributed by atoms with van der Waals surface area (Å²) in [5.74, 6) is 1.87. The van der Waals surface area contributed by atoms with Crippen LogP contribution in [0.25, 0.3) is 11.1 Å². The third-order valence-corrected chi connectivity index (χ3v) is 4.62. The highest BCUT2D eigenvalue weighted by Crippen LogP contribution is 2.30.